The van der Waals surface area contributed by atoms with E-state index in [1.165, 1.54) is 0 Å². The standard InChI is InChI=1S/C17H24N2O3S2.ClH/c1-12-8-15(9-13(2)17(12)22-5)24(20,21)18-10-16(19(3)4)14-6-7-23-11-14;/h6-9,11,16,18H,10H2,1-5H3;1H. The van der Waals surface area contributed by atoms with Gasteiger partial charge in [-0.1, -0.05) is 0 Å². The molecular weight excluding hydrogens is 380 g/mol. The van der Waals surface area contributed by atoms with Crippen LogP contribution in [0.2, 0.25) is 0 Å². The normalized spacial score (nSPS) is 12.7. The third-order valence-corrected chi connectivity index (χ3v) is 6.07. The van der Waals surface area contributed by atoms with Gasteiger partial charge in [0.15, 0.2) is 0 Å². The SMILES string of the molecule is COc1c(C)cc(S(=O)(=O)NCC(c2ccsc2)N(C)C)cc1C.Cl. The summed E-state index contributed by atoms with van der Waals surface area (Å²) >= 11 is 1.61. The van der Waals surface area contributed by atoms with Crippen LogP contribution in [-0.2, 0) is 10.0 Å². The summed E-state index contributed by atoms with van der Waals surface area (Å²) in [5.41, 5.74) is 2.72. The Morgan fingerprint density at radius 1 is 1.24 bits per heavy atom. The average Bonchev–Trinajstić information content (AvgIpc) is 3.00. The number of nitrogens with one attached hydrogen (secondary N) is 1. The van der Waals surface area contributed by atoms with Gasteiger partial charge in [-0.25, -0.2) is 13.1 Å². The van der Waals surface area contributed by atoms with Gasteiger partial charge in [-0.2, -0.15) is 11.3 Å². The van der Waals surface area contributed by atoms with Crippen LogP contribution in [0.25, 0.3) is 0 Å². The predicted molar refractivity (Wildman–Crippen MR) is 106 cm³/mol. The van der Waals surface area contributed by atoms with Crippen molar-refractivity contribution < 1.29 is 13.2 Å². The molecule has 2 rings (SSSR count). The molecule has 0 spiro atoms. The molecule has 0 saturated carbocycles. The first kappa shape index (κ1) is 21.9. The number of thiophene rings is 1. The van der Waals surface area contributed by atoms with Crippen molar-refractivity contribution in [2.75, 3.05) is 27.7 Å². The maximum absolute atomic E-state index is 12.7. The van der Waals surface area contributed by atoms with Gasteiger partial charge < -0.3 is 9.64 Å². The molecule has 0 aliphatic heterocycles. The number of sulfonamides is 1. The van der Waals surface area contributed by atoms with Crippen LogP contribution in [0.4, 0.5) is 0 Å². The van der Waals surface area contributed by atoms with E-state index in [9.17, 15) is 8.42 Å². The molecule has 0 saturated heterocycles. The highest BCUT2D eigenvalue weighted by Gasteiger charge is 2.21. The van der Waals surface area contributed by atoms with Gasteiger partial charge in [-0.15, -0.1) is 12.4 Å². The van der Waals surface area contributed by atoms with E-state index in [1.54, 1.807) is 30.6 Å². The Hall–Kier alpha value is -1.12. The van der Waals surface area contributed by atoms with Crippen molar-refractivity contribution in [3.63, 3.8) is 0 Å². The highest BCUT2D eigenvalue weighted by Crippen LogP contribution is 2.27. The molecule has 1 N–H and O–H groups in total. The third kappa shape index (κ3) is 5.18. The second-order valence-electron chi connectivity index (χ2n) is 5.98. The van der Waals surface area contributed by atoms with Crippen LogP contribution in [0.1, 0.15) is 22.7 Å². The van der Waals surface area contributed by atoms with E-state index in [0.29, 0.717) is 6.54 Å². The number of hydrogen-bond acceptors (Lipinski definition) is 5. The summed E-state index contributed by atoms with van der Waals surface area (Å²) in [6.45, 7) is 4.01. The third-order valence-electron chi connectivity index (χ3n) is 3.97. The lowest BCUT2D eigenvalue weighted by Crippen LogP contribution is -2.34. The van der Waals surface area contributed by atoms with Crippen molar-refractivity contribution in [3.05, 3.63) is 45.6 Å². The zero-order valence-corrected chi connectivity index (χ0v) is 17.5. The molecule has 0 radical (unpaired) electrons. The number of rotatable bonds is 7. The van der Waals surface area contributed by atoms with Crippen LogP contribution in [0.5, 0.6) is 5.75 Å². The molecule has 140 valence electrons. The van der Waals surface area contributed by atoms with Gasteiger partial charge in [-0.05, 0) is 73.6 Å². The van der Waals surface area contributed by atoms with Gasteiger partial charge in [0.1, 0.15) is 5.75 Å². The number of nitrogens with zero attached hydrogens (tertiary/aromatic N) is 1. The summed E-state index contributed by atoms with van der Waals surface area (Å²) in [6.07, 6.45) is 0. The molecule has 1 heterocycles. The second-order valence-corrected chi connectivity index (χ2v) is 8.53. The van der Waals surface area contributed by atoms with Crippen LogP contribution in [0, 0.1) is 13.8 Å². The van der Waals surface area contributed by atoms with Crippen molar-refractivity contribution >= 4 is 33.8 Å². The minimum Gasteiger partial charge on any atom is -0.496 e. The molecule has 1 unspecified atom stereocenters. The van der Waals surface area contributed by atoms with Crippen LogP contribution in [0.15, 0.2) is 33.9 Å². The van der Waals surface area contributed by atoms with E-state index in [2.05, 4.69) is 4.72 Å². The minimum absolute atomic E-state index is 0. The Kier molecular flexibility index (Phi) is 7.89. The van der Waals surface area contributed by atoms with E-state index in [4.69, 9.17) is 4.74 Å². The van der Waals surface area contributed by atoms with Gasteiger partial charge in [0.25, 0.3) is 0 Å². The zero-order valence-electron chi connectivity index (χ0n) is 15.1. The van der Waals surface area contributed by atoms with E-state index in [0.717, 1.165) is 22.4 Å². The Labute approximate surface area is 160 Å². The molecular formula is C17H25ClN2O3S2. The smallest absolute Gasteiger partial charge is 0.240 e. The van der Waals surface area contributed by atoms with Gasteiger partial charge in [0.05, 0.1) is 12.0 Å². The Balaban J connectivity index is 0.00000312. The maximum atomic E-state index is 12.7. The van der Waals surface area contributed by atoms with Crippen molar-refractivity contribution in [1.29, 1.82) is 0 Å². The molecule has 0 bridgehead atoms. The molecule has 0 amide bonds. The Morgan fingerprint density at radius 3 is 2.28 bits per heavy atom. The predicted octanol–water partition coefficient (Wildman–Crippen LogP) is 3.38. The summed E-state index contributed by atoms with van der Waals surface area (Å²) in [6, 6.07) is 5.30. The monoisotopic (exact) mass is 404 g/mol. The summed E-state index contributed by atoms with van der Waals surface area (Å²) in [5.74, 6) is 0.721. The summed E-state index contributed by atoms with van der Waals surface area (Å²) < 4.78 is 33.4. The summed E-state index contributed by atoms with van der Waals surface area (Å²) in [4.78, 5) is 2.27. The average molecular weight is 405 g/mol. The van der Waals surface area contributed by atoms with E-state index >= 15 is 0 Å². The van der Waals surface area contributed by atoms with Gasteiger partial charge in [0, 0.05) is 12.6 Å². The molecule has 1 atom stereocenters. The molecule has 0 aliphatic rings. The first-order valence-corrected chi connectivity index (χ1v) is 10.0. The van der Waals surface area contributed by atoms with E-state index in [-0.39, 0.29) is 23.3 Å². The van der Waals surface area contributed by atoms with Crippen molar-refractivity contribution in [2.45, 2.75) is 24.8 Å². The molecule has 0 fully saturated rings. The lowest BCUT2D eigenvalue weighted by atomic mass is 10.1. The molecule has 1 aromatic heterocycles. The van der Waals surface area contributed by atoms with Gasteiger partial charge in [-0.3, -0.25) is 0 Å². The Morgan fingerprint density at radius 2 is 1.84 bits per heavy atom. The molecule has 1 aromatic carbocycles. The van der Waals surface area contributed by atoms with E-state index < -0.39 is 10.0 Å². The number of aryl methyl sites for hydroxylation is 2. The van der Waals surface area contributed by atoms with Crippen molar-refractivity contribution in [1.82, 2.24) is 9.62 Å². The van der Waals surface area contributed by atoms with Gasteiger partial charge >= 0.3 is 0 Å². The summed E-state index contributed by atoms with van der Waals surface area (Å²) in [7, 11) is 1.89. The van der Waals surface area contributed by atoms with Crippen molar-refractivity contribution in [3.8, 4) is 5.75 Å². The molecule has 0 aliphatic carbocycles. The fourth-order valence-electron chi connectivity index (χ4n) is 2.72. The summed E-state index contributed by atoms with van der Waals surface area (Å²) in [5, 5.41) is 4.04. The fourth-order valence-corrected chi connectivity index (χ4v) is 4.64. The van der Waals surface area contributed by atoms with Gasteiger partial charge in [0.2, 0.25) is 10.0 Å². The van der Waals surface area contributed by atoms with Crippen LogP contribution >= 0.6 is 23.7 Å². The van der Waals surface area contributed by atoms with Crippen LogP contribution in [0.3, 0.4) is 0 Å². The molecule has 8 heteroatoms. The highest BCUT2D eigenvalue weighted by molar-refractivity contribution is 7.89. The number of likely N-dealkylation sites (N-methyl/N-ethyl adjacent to an activating group) is 1. The molecule has 2 aromatic rings. The Bertz CT molecular complexity index is 767. The quantitative estimate of drug-likeness (QED) is 0.768. The lowest BCUT2D eigenvalue weighted by molar-refractivity contribution is 0.300. The maximum Gasteiger partial charge on any atom is 0.240 e. The topological polar surface area (TPSA) is 58.6 Å². The number of halogens is 1. The lowest BCUT2D eigenvalue weighted by Gasteiger charge is -2.24. The highest BCUT2D eigenvalue weighted by atomic mass is 35.5. The van der Waals surface area contributed by atoms with E-state index in [1.807, 2.05) is 49.7 Å². The number of methoxy groups -OCH3 is 1. The van der Waals surface area contributed by atoms with Crippen molar-refractivity contribution in [2.24, 2.45) is 0 Å². The first-order valence-electron chi connectivity index (χ1n) is 7.59. The largest absolute Gasteiger partial charge is 0.496 e. The number of hydrogen-bond donors (Lipinski definition) is 1. The van der Waals surface area contributed by atoms with Crippen LogP contribution < -0.4 is 9.46 Å². The fraction of sp³-hybridized carbons (Fsp3) is 0.412. The molecule has 25 heavy (non-hydrogen) atoms. The second kappa shape index (κ2) is 9.00. The molecule has 5 nitrogen and oxygen atoms in total. The number of ether oxygens (including phenoxy) is 1. The zero-order chi connectivity index (χ0) is 17.9. The number of benzene rings is 1. The first-order chi connectivity index (χ1) is 11.3. The minimum atomic E-state index is -3.58. The van der Waals surface area contributed by atoms with Crippen LogP contribution in [-0.4, -0.2) is 41.1 Å².